The molecule has 0 heterocycles. The molecule has 0 aromatic rings. The second-order valence-corrected chi connectivity index (χ2v) is 3.83. The molecule has 0 bridgehead atoms. The summed E-state index contributed by atoms with van der Waals surface area (Å²) in [6.07, 6.45) is 0.944. The van der Waals surface area contributed by atoms with E-state index in [9.17, 15) is 13.2 Å². The molecule has 0 aliphatic rings. The Morgan fingerprint density at radius 3 is 2.00 bits per heavy atom. The number of aliphatic carboxylic acids is 1. The topological polar surface area (TPSA) is 71.4 Å². The van der Waals surface area contributed by atoms with Crippen molar-refractivity contribution in [1.29, 1.82) is 0 Å². The molecule has 0 saturated carbocycles. The summed E-state index contributed by atoms with van der Waals surface area (Å²) in [7, 11) is -3.31. The lowest BCUT2D eigenvalue weighted by atomic mass is 10.4. The number of rotatable bonds is 2. The van der Waals surface area contributed by atoms with E-state index < -0.39 is 15.8 Å². The zero-order chi connectivity index (χ0) is 8.36. The van der Waals surface area contributed by atoms with Crippen molar-refractivity contribution in [1.82, 2.24) is 0 Å². The average molecular weight is 164 g/mol. The highest BCUT2D eigenvalue weighted by molar-refractivity contribution is 7.93. The lowest BCUT2D eigenvalue weighted by Gasteiger charge is -1.89. The number of carboxylic acid groups (broad SMARTS) is 1. The van der Waals surface area contributed by atoms with Gasteiger partial charge in [-0.2, -0.15) is 0 Å². The van der Waals surface area contributed by atoms with Gasteiger partial charge in [-0.1, -0.05) is 0 Å². The van der Waals surface area contributed by atoms with Crippen molar-refractivity contribution in [2.45, 2.75) is 6.92 Å². The standard InChI is InChI=1S/C5H8O4S/c1-4(5(6)7)3-10(2,8)9/h3H,1-2H3,(H,6,7)/b4-3+. The van der Waals surface area contributed by atoms with E-state index in [2.05, 4.69) is 0 Å². The fourth-order valence-corrected chi connectivity index (χ4v) is 1.11. The van der Waals surface area contributed by atoms with Crippen LogP contribution in [-0.2, 0) is 14.6 Å². The van der Waals surface area contributed by atoms with Crippen LogP contribution in [-0.4, -0.2) is 25.7 Å². The SMILES string of the molecule is C/C(=C\S(C)(=O)=O)C(=O)O. The Kier molecular flexibility index (Phi) is 2.59. The van der Waals surface area contributed by atoms with Crippen LogP contribution in [0.1, 0.15) is 6.92 Å². The molecule has 0 atom stereocenters. The Labute approximate surface area is 59.1 Å². The minimum absolute atomic E-state index is 0.178. The van der Waals surface area contributed by atoms with Crippen LogP contribution in [0.25, 0.3) is 0 Å². The normalized spacial score (nSPS) is 13.2. The van der Waals surface area contributed by atoms with Gasteiger partial charge in [0.2, 0.25) is 0 Å². The molecule has 58 valence electrons. The van der Waals surface area contributed by atoms with Gasteiger partial charge in [0.25, 0.3) is 0 Å². The summed E-state index contributed by atoms with van der Waals surface area (Å²) in [4.78, 5) is 10.0. The smallest absolute Gasteiger partial charge is 0.331 e. The Hall–Kier alpha value is -0.840. The molecule has 0 rings (SSSR count). The maximum absolute atomic E-state index is 10.4. The largest absolute Gasteiger partial charge is 0.478 e. The monoisotopic (exact) mass is 164 g/mol. The predicted octanol–water partition coefficient (Wildman–Crippen LogP) is 0.0194. The maximum atomic E-state index is 10.4. The second kappa shape index (κ2) is 2.83. The molecular formula is C5H8O4S. The van der Waals surface area contributed by atoms with Crippen molar-refractivity contribution < 1.29 is 18.3 Å². The minimum atomic E-state index is -3.31. The fourth-order valence-electron chi connectivity index (χ4n) is 0.372. The first-order valence-corrected chi connectivity index (χ1v) is 4.40. The zero-order valence-corrected chi connectivity index (χ0v) is 6.47. The summed E-state index contributed by atoms with van der Waals surface area (Å²) in [6, 6.07) is 0. The molecule has 10 heavy (non-hydrogen) atoms. The number of hydrogen-bond acceptors (Lipinski definition) is 3. The lowest BCUT2D eigenvalue weighted by molar-refractivity contribution is -0.132. The molecule has 0 aromatic heterocycles. The van der Waals surface area contributed by atoms with Gasteiger partial charge < -0.3 is 5.11 Å². The summed E-state index contributed by atoms with van der Waals surface area (Å²) >= 11 is 0. The molecule has 0 amide bonds. The lowest BCUT2D eigenvalue weighted by Crippen LogP contribution is -2.00. The first-order valence-electron chi connectivity index (χ1n) is 2.44. The summed E-state index contributed by atoms with van der Waals surface area (Å²) < 4.78 is 20.8. The number of carbonyl (C=O) groups is 1. The van der Waals surface area contributed by atoms with E-state index in [0.717, 1.165) is 11.7 Å². The van der Waals surface area contributed by atoms with Crippen LogP contribution in [0.3, 0.4) is 0 Å². The highest BCUT2D eigenvalue weighted by Crippen LogP contribution is 1.95. The van der Waals surface area contributed by atoms with Crippen molar-refractivity contribution in [3.05, 3.63) is 11.0 Å². The van der Waals surface area contributed by atoms with E-state index >= 15 is 0 Å². The summed E-state index contributed by atoms with van der Waals surface area (Å²) in [5, 5.41) is 8.93. The third kappa shape index (κ3) is 4.08. The van der Waals surface area contributed by atoms with Gasteiger partial charge in [-0.3, -0.25) is 0 Å². The summed E-state index contributed by atoms with van der Waals surface area (Å²) in [5.41, 5.74) is -0.178. The Bertz CT molecular complexity index is 259. The van der Waals surface area contributed by atoms with E-state index in [1.165, 1.54) is 6.92 Å². The molecule has 0 fully saturated rings. The third-order valence-electron chi connectivity index (χ3n) is 0.728. The van der Waals surface area contributed by atoms with Crippen molar-refractivity contribution in [3.8, 4) is 0 Å². The Morgan fingerprint density at radius 1 is 1.50 bits per heavy atom. The van der Waals surface area contributed by atoms with E-state index in [0.29, 0.717) is 0 Å². The van der Waals surface area contributed by atoms with Crippen LogP contribution in [0.2, 0.25) is 0 Å². The van der Waals surface area contributed by atoms with Gasteiger partial charge in [0.1, 0.15) is 0 Å². The van der Waals surface area contributed by atoms with Crippen LogP contribution in [0.4, 0.5) is 0 Å². The van der Waals surface area contributed by atoms with Crippen LogP contribution in [0.5, 0.6) is 0 Å². The first kappa shape index (κ1) is 9.16. The zero-order valence-electron chi connectivity index (χ0n) is 5.66. The number of carboxylic acids is 1. The molecule has 0 aliphatic heterocycles. The Balaban J connectivity index is 4.66. The minimum Gasteiger partial charge on any atom is -0.478 e. The molecule has 1 N–H and O–H groups in total. The predicted molar refractivity (Wildman–Crippen MR) is 36.2 cm³/mol. The third-order valence-corrected chi connectivity index (χ3v) is 1.51. The van der Waals surface area contributed by atoms with Gasteiger partial charge in [-0.25, -0.2) is 13.2 Å². The van der Waals surface area contributed by atoms with Crippen molar-refractivity contribution in [2.75, 3.05) is 6.26 Å². The van der Waals surface area contributed by atoms with Crippen LogP contribution in [0.15, 0.2) is 11.0 Å². The quantitative estimate of drug-likeness (QED) is 0.584. The number of hydrogen-bond donors (Lipinski definition) is 1. The second-order valence-electron chi connectivity index (χ2n) is 1.94. The molecule has 4 nitrogen and oxygen atoms in total. The molecular weight excluding hydrogens is 156 g/mol. The molecule has 0 radical (unpaired) electrons. The van der Waals surface area contributed by atoms with Crippen molar-refractivity contribution in [3.63, 3.8) is 0 Å². The molecule has 0 aromatic carbocycles. The van der Waals surface area contributed by atoms with E-state index in [1.807, 2.05) is 0 Å². The fraction of sp³-hybridized carbons (Fsp3) is 0.400. The molecule has 0 aliphatic carbocycles. The van der Waals surface area contributed by atoms with Gasteiger partial charge in [-0.05, 0) is 6.92 Å². The van der Waals surface area contributed by atoms with E-state index in [-0.39, 0.29) is 5.57 Å². The van der Waals surface area contributed by atoms with Gasteiger partial charge in [-0.15, -0.1) is 0 Å². The summed E-state index contributed by atoms with van der Waals surface area (Å²) in [5.74, 6) is -1.22. The Morgan fingerprint density at radius 2 is 1.90 bits per heavy atom. The van der Waals surface area contributed by atoms with Gasteiger partial charge in [0.15, 0.2) is 9.84 Å². The van der Waals surface area contributed by atoms with Crippen LogP contribution >= 0.6 is 0 Å². The maximum Gasteiger partial charge on any atom is 0.331 e. The van der Waals surface area contributed by atoms with Crippen molar-refractivity contribution in [2.24, 2.45) is 0 Å². The van der Waals surface area contributed by atoms with E-state index in [1.54, 1.807) is 0 Å². The van der Waals surface area contributed by atoms with Crippen LogP contribution < -0.4 is 0 Å². The van der Waals surface area contributed by atoms with Gasteiger partial charge in [0, 0.05) is 17.2 Å². The molecule has 0 saturated heterocycles. The van der Waals surface area contributed by atoms with Crippen molar-refractivity contribution >= 4 is 15.8 Å². The highest BCUT2D eigenvalue weighted by Gasteiger charge is 2.03. The molecule has 0 spiro atoms. The molecule has 0 unspecified atom stereocenters. The van der Waals surface area contributed by atoms with Crippen LogP contribution in [0, 0.1) is 0 Å². The molecule has 5 heteroatoms. The van der Waals surface area contributed by atoms with Gasteiger partial charge in [0.05, 0.1) is 0 Å². The van der Waals surface area contributed by atoms with E-state index in [4.69, 9.17) is 5.11 Å². The average Bonchev–Trinajstić information content (AvgIpc) is 1.60. The number of sulfone groups is 1. The summed E-state index contributed by atoms with van der Waals surface area (Å²) in [6.45, 7) is 1.23. The first-order chi connectivity index (χ1) is 4.33. The van der Waals surface area contributed by atoms with Gasteiger partial charge >= 0.3 is 5.97 Å². The highest BCUT2D eigenvalue weighted by atomic mass is 32.2.